The largest absolute Gasteiger partial charge is 0.106 e. The van der Waals surface area contributed by atoms with Crippen LogP contribution in [0.15, 0.2) is 0 Å². The Balaban J connectivity index is 4.36. The Morgan fingerprint density at radius 3 is 1.38 bits per heavy atom. The first-order valence-corrected chi connectivity index (χ1v) is 13.3. The molecule has 0 aliphatic heterocycles. The molecule has 0 spiro atoms. The van der Waals surface area contributed by atoms with E-state index in [1.54, 1.807) is 30.8 Å². The first kappa shape index (κ1) is 21.9. The summed E-state index contributed by atoms with van der Waals surface area (Å²) in [5, 5.41) is 0. The third-order valence-electron chi connectivity index (χ3n) is 4.40. The average molecular weight is 332 g/mol. The second kappa shape index (κ2) is 15.7. The molecule has 0 heterocycles. The Morgan fingerprint density at radius 2 is 1.00 bits per heavy atom. The lowest BCUT2D eigenvalue weighted by Gasteiger charge is -2.29. The van der Waals surface area contributed by atoms with Gasteiger partial charge in [0, 0.05) is 0 Å². The molecule has 0 aromatic rings. The summed E-state index contributed by atoms with van der Waals surface area (Å²) in [7, 11) is 0.662. The molecule has 0 N–H and O–H groups in total. The molecule has 0 aliphatic carbocycles. The molecule has 0 aromatic carbocycles. The second-order valence-electron chi connectivity index (χ2n) is 6.60. The molecule has 0 amide bonds. The van der Waals surface area contributed by atoms with Crippen molar-refractivity contribution in [3.8, 4) is 0 Å². The van der Waals surface area contributed by atoms with Gasteiger partial charge < -0.3 is 0 Å². The summed E-state index contributed by atoms with van der Waals surface area (Å²) >= 11 is 0. The third kappa shape index (κ3) is 12.0. The Labute approximate surface area is 138 Å². The Bertz CT molecular complexity index is 190. The monoisotopic (exact) mass is 332 g/mol. The van der Waals surface area contributed by atoms with Gasteiger partial charge in [0.25, 0.3) is 0 Å². The second-order valence-corrected chi connectivity index (χ2v) is 12.2. The maximum Gasteiger partial charge on any atom is -0.0198 e. The lowest BCUT2D eigenvalue weighted by molar-refractivity contribution is 0.851. The van der Waals surface area contributed by atoms with Gasteiger partial charge in [-0.3, -0.25) is 0 Å². The Hall–Kier alpha value is 0.860. The van der Waals surface area contributed by atoms with Crippen LogP contribution >= 0.6 is 15.8 Å². The Kier molecular flexibility index (Phi) is 16.4. The molecule has 0 aliphatic rings. The maximum atomic E-state index is 2.60. The van der Waals surface area contributed by atoms with Crippen molar-refractivity contribution in [2.45, 2.75) is 91.6 Å². The van der Waals surface area contributed by atoms with Crippen LogP contribution < -0.4 is 0 Å². The highest BCUT2D eigenvalue weighted by atomic mass is 31.1. The first-order valence-electron chi connectivity index (χ1n) is 9.65. The van der Waals surface area contributed by atoms with E-state index in [2.05, 4.69) is 34.6 Å². The van der Waals surface area contributed by atoms with Crippen molar-refractivity contribution in [3.63, 3.8) is 0 Å². The van der Waals surface area contributed by atoms with Crippen molar-refractivity contribution in [2.24, 2.45) is 0 Å². The fourth-order valence-corrected chi connectivity index (χ4v) is 9.85. The van der Waals surface area contributed by atoms with Crippen LogP contribution in [0.4, 0.5) is 0 Å². The highest BCUT2D eigenvalue weighted by Gasteiger charge is 2.19. The summed E-state index contributed by atoms with van der Waals surface area (Å²) in [6, 6.07) is 0. The Morgan fingerprint density at radius 1 is 0.619 bits per heavy atom. The molecule has 0 nitrogen and oxygen atoms in total. The van der Waals surface area contributed by atoms with Gasteiger partial charge in [-0.2, -0.15) is 0 Å². The number of hydrogen-bond acceptors (Lipinski definition) is 0. The van der Waals surface area contributed by atoms with Crippen LogP contribution in [0.2, 0.25) is 0 Å². The zero-order valence-corrected chi connectivity index (χ0v) is 17.5. The van der Waals surface area contributed by atoms with Crippen LogP contribution in [0.3, 0.4) is 0 Å². The molecule has 1 atom stereocenters. The summed E-state index contributed by atoms with van der Waals surface area (Å²) in [6.45, 7) is 12.0. The minimum Gasteiger partial charge on any atom is -0.106 e. The zero-order valence-electron chi connectivity index (χ0n) is 15.7. The summed E-state index contributed by atoms with van der Waals surface area (Å²) in [6.07, 6.45) is 19.3. The van der Waals surface area contributed by atoms with E-state index in [0.29, 0.717) is 15.8 Å². The van der Waals surface area contributed by atoms with Gasteiger partial charge in [0.15, 0.2) is 0 Å². The molecule has 0 aromatic heterocycles. The van der Waals surface area contributed by atoms with Gasteiger partial charge in [0.1, 0.15) is 0 Å². The summed E-state index contributed by atoms with van der Waals surface area (Å²) < 4.78 is 0. The lowest BCUT2D eigenvalue weighted by atomic mass is 10.4. The van der Waals surface area contributed by atoms with E-state index in [9.17, 15) is 0 Å². The van der Waals surface area contributed by atoms with E-state index in [1.807, 2.05) is 0 Å². The molecular weight excluding hydrogens is 290 g/mol. The van der Waals surface area contributed by atoms with Crippen molar-refractivity contribution in [1.29, 1.82) is 0 Å². The van der Waals surface area contributed by atoms with Crippen LogP contribution in [0.25, 0.3) is 0 Å². The lowest BCUT2D eigenvalue weighted by Crippen LogP contribution is -2.12. The van der Waals surface area contributed by atoms with E-state index < -0.39 is 0 Å². The van der Waals surface area contributed by atoms with Crippen molar-refractivity contribution in [3.05, 3.63) is 0 Å². The molecule has 128 valence electrons. The number of hydrogen-bond donors (Lipinski definition) is 0. The molecule has 0 rings (SSSR count). The summed E-state index contributed by atoms with van der Waals surface area (Å²) in [5.74, 6) is 0. The van der Waals surface area contributed by atoms with Gasteiger partial charge in [-0.05, 0) is 62.2 Å². The van der Waals surface area contributed by atoms with Crippen molar-refractivity contribution in [1.82, 2.24) is 0 Å². The van der Waals surface area contributed by atoms with Gasteiger partial charge in [0.05, 0.1) is 0 Å². The van der Waals surface area contributed by atoms with Crippen LogP contribution in [0.5, 0.6) is 0 Å². The van der Waals surface area contributed by atoms with E-state index in [0.717, 1.165) is 5.66 Å². The van der Waals surface area contributed by atoms with E-state index in [1.165, 1.54) is 51.4 Å². The quantitative estimate of drug-likeness (QED) is 0.272. The minimum absolute atomic E-state index is 0.320. The standard InChI is InChI=1S/C19H42P2/c1-6-10-14-20(15-11-7-2)18-19(5)21(16-12-8-3)17-13-9-4/h19H,6-18H2,1-5H3. The van der Waals surface area contributed by atoms with Gasteiger partial charge >= 0.3 is 0 Å². The van der Waals surface area contributed by atoms with Gasteiger partial charge in [-0.1, -0.05) is 60.3 Å². The minimum atomic E-state index is 0.320. The van der Waals surface area contributed by atoms with E-state index >= 15 is 0 Å². The molecule has 0 bridgehead atoms. The molecule has 0 radical (unpaired) electrons. The van der Waals surface area contributed by atoms with Crippen molar-refractivity contribution < 1.29 is 0 Å². The molecule has 2 heteroatoms. The first-order chi connectivity index (χ1) is 10.2. The maximum absolute atomic E-state index is 2.60. The van der Waals surface area contributed by atoms with E-state index in [-0.39, 0.29) is 0 Å². The van der Waals surface area contributed by atoms with Crippen LogP contribution in [0, 0.1) is 0 Å². The molecule has 0 saturated heterocycles. The molecular formula is C19H42P2. The normalized spacial score (nSPS) is 13.3. The number of unbranched alkanes of at least 4 members (excludes halogenated alkanes) is 4. The van der Waals surface area contributed by atoms with Gasteiger partial charge in [-0.25, -0.2) is 0 Å². The highest BCUT2D eigenvalue weighted by Crippen LogP contribution is 2.49. The highest BCUT2D eigenvalue weighted by molar-refractivity contribution is 7.62. The van der Waals surface area contributed by atoms with Gasteiger partial charge in [-0.15, -0.1) is 15.8 Å². The zero-order chi connectivity index (χ0) is 15.9. The van der Waals surface area contributed by atoms with Crippen molar-refractivity contribution in [2.75, 3.05) is 30.8 Å². The summed E-state index contributed by atoms with van der Waals surface area (Å²) in [4.78, 5) is 0. The topological polar surface area (TPSA) is 0 Å². The number of rotatable bonds is 15. The van der Waals surface area contributed by atoms with Gasteiger partial charge in [0.2, 0.25) is 0 Å². The smallest absolute Gasteiger partial charge is 0.0198 e. The average Bonchev–Trinajstić information content (AvgIpc) is 2.49. The van der Waals surface area contributed by atoms with Crippen LogP contribution in [-0.2, 0) is 0 Å². The molecule has 0 fully saturated rings. The predicted octanol–water partition coefficient (Wildman–Crippen LogP) is 7.54. The third-order valence-corrected chi connectivity index (χ3v) is 10.9. The van der Waals surface area contributed by atoms with Crippen LogP contribution in [0.1, 0.15) is 86.0 Å². The molecule has 1 unspecified atom stereocenters. The predicted molar refractivity (Wildman–Crippen MR) is 107 cm³/mol. The summed E-state index contributed by atoms with van der Waals surface area (Å²) in [5.41, 5.74) is 1.04. The molecule has 0 saturated carbocycles. The van der Waals surface area contributed by atoms with Crippen LogP contribution in [-0.4, -0.2) is 36.5 Å². The SMILES string of the molecule is CCCCP(CCCC)CC(C)P(CCCC)CCCC. The van der Waals surface area contributed by atoms with Crippen molar-refractivity contribution >= 4 is 15.8 Å². The van der Waals surface area contributed by atoms with E-state index in [4.69, 9.17) is 0 Å². The fourth-order valence-electron chi connectivity index (χ4n) is 2.82. The fraction of sp³-hybridized carbons (Fsp3) is 1.00. The molecule has 21 heavy (non-hydrogen) atoms.